The van der Waals surface area contributed by atoms with Crippen LogP contribution in [0.25, 0.3) is 10.2 Å². The molecule has 2 unspecified atom stereocenters. The lowest BCUT2D eigenvalue weighted by atomic mass is 10.0. The van der Waals surface area contributed by atoms with Crippen LogP contribution >= 0.6 is 11.3 Å². The first-order chi connectivity index (χ1) is 17.7. The van der Waals surface area contributed by atoms with Gasteiger partial charge in [0.1, 0.15) is 22.1 Å². The van der Waals surface area contributed by atoms with Crippen LogP contribution in [-0.4, -0.2) is 61.9 Å². The van der Waals surface area contributed by atoms with E-state index in [1.54, 1.807) is 0 Å². The van der Waals surface area contributed by atoms with Gasteiger partial charge in [-0.05, 0) is 31.0 Å². The van der Waals surface area contributed by atoms with Gasteiger partial charge in [-0.2, -0.15) is 13.2 Å². The van der Waals surface area contributed by atoms with Crippen molar-refractivity contribution in [2.45, 2.75) is 37.7 Å². The number of hydrogen-bond acceptors (Lipinski definition) is 8. The molecule has 2 aromatic heterocycles. The number of nitrogens with zero attached hydrogens (tertiary/aromatic N) is 2. The van der Waals surface area contributed by atoms with Crippen molar-refractivity contribution in [3.05, 3.63) is 46.0 Å². The summed E-state index contributed by atoms with van der Waals surface area (Å²) in [6.45, 7) is 4.93. The second kappa shape index (κ2) is 9.03. The summed E-state index contributed by atoms with van der Waals surface area (Å²) in [5.74, 6) is 0.237. The Morgan fingerprint density at radius 1 is 1.27 bits per heavy atom. The standard InChI is InChI=1S/C25H26F3N5O3S/c1-12-4-18(25(26,27)28)20-21(29)22(37-24(20)31-12)23(34)32-14-5-13-2-3-15(6-19(13)36-10-14)33-9-17-8-30-7-16(33)11-35-17/h2-4,6,14,16-17,30H,5,7-11,29H2,1H3,(H,32,34)/t14-,16?,17?/m1/s1. The van der Waals surface area contributed by atoms with Crippen LogP contribution in [0.2, 0.25) is 0 Å². The molecule has 3 fully saturated rings. The molecule has 3 aromatic rings. The Balaban J connectivity index is 1.19. The Bertz CT molecular complexity index is 1370. The average molecular weight is 534 g/mol. The zero-order valence-corrected chi connectivity index (χ0v) is 20.8. The third-order valence-corrected chi connectivity index (χ3v) is 8.18. The number of pyridine rings is 1. The molecule has 0 spiro atoms. The Morgan fingerprint density at radius 3 is 2.92 bits per heavy atom. The van der Waals surface area contributed by atoms with Gasteiger partial charge < -0.3 is 30.7 Å². The number of aryl methyl sites for hydroxylation is 1. The maximum Gasteiger partial charge on any atom is 0.417 e. The van der Waals surface area contributed by atoms with Crippen molar-refractivity contribution >= 4 is 38.8 Å². The summed E-state index contributed by atoms with van der Waals surface area (Å²) in [6, 6.07) is 6.96. The highest BCUT2D eigenvalue weighted by atomic mass is 32.1. The number of halogens is 3. The molecule has 196 valence electrons. The molecular weight excluding hydrogens is 507 g/mol. The Labute approximate surface area is 214 Å². The Kier molecular flexibility index (Phi) is 5.92. The van der Waals surface area contributed by atoms with Crippen LogP contribution < -0.4 is 26.0 Å². The van der Waals surface area contributed by atoms with Crippen molar-refractivity contribution in [1.82, 2.24) is 15.6 Å². The first-order valence-electron chi connectivity index (χ1n) is 12.1. The fourth-order valence-electron chi connectivity index (χ4n) is 5.30. The predicted molar refractivity (Wildman–Crippen MR) is 134 cm³/mol. The van der Waals surface area contributed by atoms with Crippen LogP contribution in [0.3, 0.4) is 0 Å². The number of alkyl halides is 3. The summed E-state index contributed by atoms with van der Waals surface area (Å²) in [6.07, 6.45) is -3.91. The molecule has 37 heavy (non-hydrogen) atoms. The van der Waals surface area contributed by atoms with Gasteiger partial charge in [-0.15, -0.1) is 11.3 Å². The third kappa shape index (κ3) is 4.47. The number of benzene rings is 1. The smallest absolute Gasteiger partial charge is 0.417 e. The van der Waals surface area contributed by atoms with Crippen molar-refractivity contribution < 1.29 is 27.4 Å². The van der Waals surface area contributed by atoms with Crippen molar-refractivity contribution in [1.29, 1.82) is 0 Å². The zero-order chi connectivity index (χ0) is 25.9. The van der Waals surface area contributed by atoms with E-state index in [9.17, 15) is 18.0 Å². The molecule has 0 saturated carbocycles. The summed E-state index contributed by atoms with van der Waals surface area (Å²) < 4.78 is 52.7. The number of carbonyl (C=O) groups is 1. The number of nitrogen functional groups attached to an aromatic ring is 1. The van der Waals surface area contributed by atoms with Crippen LogP contribution in [0.1, 0.15) is 26.5 Å². The average Bonchev–Trinajstić information content (AvgIpc) is 3.01. The molecule has 4 aliphatic heterocycles. The van der Waals surface area contributed by atoms with Gasteiger partial charge in [-0.25, -0.2) is 4.98 Å². The van der Waals surface area contributed by atoms with Crippen LogP contribution in [0.4, 0.5) is 24.5 Å². The number of carbonyl (C=O) groups excluding carboxylic acids is 1. The minimum Gasteiger partial charge on any atom is -0.491 e. The van der Waals surface area contributed by atoms with Crippen LogP contribution in [-0.2, 0) is 17.3 Å². The quantitative estimate of drug-likeness (QED) is 0.476. The van der Waals surface area contributed by atoms with Crippen LogP contribution in [0, 0.1) is 6.92 Å². The van der Waals surface area contributed by atoms with Crippen molar-refractivity contribution in [3.63, 3.8) is 0 Å². The summed E-state index contributed by atoms with van der Waals surface area (Å²) >= 11 is 0.866. The second-order valence-electron chi connectivity index (χ2n) is 9.73. The highest BCUT2D eigenvalue weighted by Crippen LogP contribution is 2.42. The molecule has 4 aliphatic rings. The van der Waals surface area contributed by atoms with Gasteiger partial charge in [-0.3, -0.25) is 4.79 Å². The van der Waals surface area contributed by atoms with E-state index in [1.807, 2.05) is 12.1 Å². The van der Waals surface area contributed by atoms with E-state index in [1.165, 1.54) is 6.92 Å². The molecule has 6 heterocycles. The summed E-state index contributed by atoms with van der Waals surface area (Å²) in [5.41, 5.74) is 7.21. The molecule has 7 rings (SSSR count). The lowest BCUT2D eigenvalue weighted by Crippen LogP contribution is -2.49. The summed E-state index contributed by atoms with van der Waals surface area (Å²) in [7, 11) is 0. The molecule has 8 nitrogen and oxygen atoms in total. The number of morpholine rings is 1. The largest absolute Gasteiger partial charge is 0.491 e. The van der Waals surface area contributed by atoms with Crippen LogP contribution in [0.15, 0.2) is 24.3 Å². The lowest BCUT2D eigenvalue weighted by Gasteiger charge is -2.38. The summed E-state index contributed by atoms with van der Waals surface area (Å²) in [4.78, 5) is 19.7. The van der Waals surface area contributed by atoms with E-state index in [4.69, 9.17) is 15.2 Å². The first-order valence-corrected chi connectivity index (χ1v) is 12.9. The zero-order valence-electron chi connectivity index (χ0n) is 20.0. The number of fused-ring (bicyclic) bond motifs is 6. The number of hydrogen-bond donors (Lipinski definition) is 3. The van der Waals surface area contributed by atoms with E-state index < -0.39 is 17.6 Å². The van der Waals surface area contributed by atoms with Gasteiger partial charge in [0, 0.05) is 42.5 Å². The van der Waals surface area contributed by atoms with Gasteiger partial charge in [0.15, 0.2) is 0 Å². The molecular formula is C25H26F3N5O3S. The Hall–Kier alpha value is -3.09. The van der Waals surface area contributed by atoms with Crippen molar-refractivity contribution in [3.8, 4) is 5.75 Å². The number of rotatable bonds is 3. The second-order valence-corrected chi connectivity index (χ2v) is 10.7. The van der Waals surface area contributed by atoms with E-state index >= 15 is 0 Å². The minimum absolute atomic E-state index is 0.0202. The number of nitrogens with one attached hydrogen (secondary N) is 2. The fourth-order valence-corrected chi connectivity index (χ4v) is 6.37. The minimum atomic E-state index is -4.61. The van der Waals surface area contributed by atoms with Gasteiger partial charge in [0.05, 0.1) is 36.0 Å². The van der Waals surface area contributed by atoms with E-state index in [2.05, 4.69) is 26.6 Å². The molecule has 0 aliphatic carbocycles. The van der Waals surface area contributed by atoms with Crippen LogP contribution in [0.5, 0.6) is 5.75 Å². The summed E-state index contributed by atoms with van der Waals surface area (Å²) in [5, 5.41) is 6.08. The maximum absolute atomic E-state index is 13.6. The monoisotopic (exact) mass is 533 g/mol. The first kappa shape index (κ1) is 24.3. The van der Waals surface area contributed by atoms with Gasteiger partial charge >= 0.3 is 6.18 Å². The van der Waals surface area contributed by atoms with E-state index in [0.717, 1.165) is 54.0 Å². The number of ether oxygens (including phenoxy) is 2. The highest BCUT2D eigenvalue weighted by molar-refractivity contribution is 7.21. The number of amides is 1. The highest BCUT2D eigenvalue weighted by Gasteiger charge is 2.36. The molecule has 3 saturated heterocycles. The van der Waals surface area contributed by atoms with Gasteiger partial charge in [0.2, 0.25) is 0 Å². The molecule has 0 radical (unpaired) electrons. The molecule has 2 bridgehead atoms. The number of thiophene rings is 1. The van der Waals surface area contributed by atoms with Gasteiger partial charge in [-0.1, -0.05) is 6.07 Å². The number of aromatic nitrogens is 1. The third-order valence-electron chi connectivity index (χ3n) is 7.08. The topological polar surface area (TPSA) is 102 Å². The van der Waals surface area contributed by atoms with Crippen molar-refractivity contribution in [2.75, 3.05) is 43.5 Å². The predicted octanol–water partition coefficient (Wildman–Crippen LogP) is 3.12. The molecule has 1 amide bonds. The number of anilines is 2. The number of nitrogens with two attached hydrogens (primary N) is 1. The van der Waals surface area contributed by atoms with Crippen molar-refractivity contribution in [2.24, 2.45) is 0 Å². The van der Waals surface area contributed by atoms with E-state index in [0.29, 0.717) is 13.0 Å². The molecule has 3 atom stereocenters. The fraction of sp³-hybridized carbons (Fsp3) is 0.440. The van der Waals surface area contributed by atoms with E-state index in [-0.39, 0.29) is 51.3 Å². The molecule has 4 N–H and O–H groups in total. The molecule has 1 aromatic carbocycles. The molecule has 12 heteroatoms. The SMILES string of the molecule is Cc1cc(C(F)(F)F)c2c(N)c(C(=O)N[C@H]3COc4cc(N5CC6CNCC5CO6)ccc4C3)sc2n1. The normalized spacial score (nSPS) is 23.5. The Morgan fingerprint density at radius 2 is 2.11 bits per heavy atom. The lowest BCUT2D eigenvalue weighted by molar-refractivity contribution is -0.136. The maximum atomic E-state index is 13.6. The van der Waals surface area contributed by atoms with Gasteiger partial charge in [0.25, 0.3) is 5.91 Å².